The molecule has 120 valence electrons. The number of nitrogens with two attached hydrogens (primary N) is 1. The first kappa shape index (κ1) is 18.0. The summed E-state index contributed by atoms with van der Waals surface area (Å²) in [7, 11) is 1.65. The molecule has 0 aliphatic heterocycles. The maximum Gasteiger partial charge on any atom is 0.163 e. The van der Waals surface area contributed by atoms with Crippen LogP contribution in [0.2, 0.25) is 0 Å². The Hall–Kier alpha value is -1.04. The largest absolute Gasteiger partial charge is 0.383 e. The zero-order chi connectivity index (χ0) is 15.8. The van der Waals surface area contributed by atoms with E-state index in [0.717, 1.165) is 25.5 Å². The van der Waals surface area contributed by atoms with E-state index < -0.39 is 17.7 Å². The molecule has 0 amide bonds. The standard InChI is InChI=1S/C16H26F2N2O/c1-4-12(5-2)20(9-10-21-3)11-15(19)13-7-6-8-14(17)16(13)18/h6-8,12,15H,4-5,9-11,19H2,1-3H3. The third-order valence-electron chi connectivity index (χ3n) is 3.85. The molecule has 1 unspecified atom stereocenters. The third kappa shape index (κ3) is 5.02. The van der Waals surface area contributed by atoms with Crippen LogP contribution >= 0.6 is 0 Å². The predicted octanol–water partition coefficient (Wildman–Crippen LogP) is 3.10. The van der Waals surface area contributed by atoms with Gasteiger partial charge in [-0.3, -0.25) is 4.90 Å². The molecule has 0 bridgehead atoms. The van der Waals surface area contributed by atoms with E-state index in [-0.39, 0.29) is 5.56 Å². The van der Waals surface area contributed by atoms with Crippen molar-refractivity contribution in [2.24, 2.45) is 5.73 Å². The van der Waals surface area contributed by atoms with Crippen LogP contribution in [0.25, 0.3) is 0 Å². The van der Waals surface area contributed by atoms with Crippen molar-refractivity contribution < 1.29 is 13.5 Å². The minimum atomic E-state index is -0.853. The highest BCUT2D eigenvalue weighted by Crippen LogP contribution is 2.20. The molecule has 0 aromatic heterocycles. The zero-order valence-electron chi connectivity index (χ0n) is 13.1. The van der Waals surface area contributed by atoms with Crippen LogP contribution in [0.5, 0.6) is 0 Å². The monoisotopic (exact) mass is 300 g/mol. The Morgan fingerprint density at radius 2 is 1.90 bits per heavy atom. The quantitative estimate of drug-likeness (QED) is 0.761. The summed E-state index contributed by atoms with van der Waals surface area (Å²) in [6.07, 6.45) is 1.97. The van der Waals surface area contributed by atoms with Crippen molar-refractivity contribution in [2.45, 2.75) is 38.8 Å². The Morgan fingerprint density at radius 3 is 2.48 bits per heavy atom. The summed E-state index contributed by atoms with van der Waals surface area (Å²) < 4.78 is 32.3. The van der Waals surface area contributed by atoms with Gasteiger partial charge in [0.1, 0.15) is 0 Å². The van der Waals surface area contributed by atoms with E-state index >= 15 is 0 Å². The minimum Gasteiger partial charge on any atom is -0.383 e. The molecule has 2 N–H and O–H groups in total. The summed E-state index contributed by atoms with van der Waals surface area (Å²) in [4.78, 5) is 2.19. The number of hydrogen-bond donors (Lipinski definition) is 1. The molecule has 0 saturated heterocycles. The molecule has 0 saturated carbocycles. The van der Waals surface area contributed by atoms with Gasteiger partial charge in [-0.2, -0.15) is 0 Å². The Labute approximate surface area is 126 Å². The molecule has 21 heavy (non-hydrogen) atoms. The van der Waals surface area contributed by atoms with Crippen LogP contribution in [-0.2, 0) is 4.74 Å². The highest BCUT2D eigenvalue weighted by atomic mass is 19.2. The van der Waals surface area contributed by atoms with Crippen LogP contribution in [0.3, 0.4) is 0 Å². The molecular formula is C16H26F2N2O. The summed E-state index contributed by atoms with van der Waals surface area (Å²) in [5.74, 6) is -1.70. The fourth-order valence-electron chi connectivity index (χ4n) is 2.59. The lowest BCUT2D eigenvalue weighted by Crippen LogP contribution is -2.41. The molecule has 0 heterocycles. The van der Waals surface area contributed by atoms with Gasteiger partial charge in [0, 0.05) is 37.8 Å². The van der Waals surface area contributed by atoms with E-state index in [2.05, 4.69) is 18.7 Å². The van der Waals surface area contributed by atoms with Gasteiger partial charge in [-0.25, -0.2) is 8.78 Å². The fourth-order valence-corrected chi connectivity index (χ4v) is 2.59. The van der Waals surface area contributed by atoms with Gasteiger partial charge in [0.25, 0.3) is 0 Å². The van der Waals surface area contributed by atoms with Crippen LogP contribution in [0.1, 0.15) is 38.3 Å². The lowest BCUT2D eigenvalue weighted by Gasteiger charge is -2.32. The maximum atomic E-state index is 13.8. The molecule has 0 radical (unpaired) electrons. The SMILES string of the molecule is CCC(CC)N(CCOC)CC(N)c1cccc(F)c1F. The van der Waals surface area contributed by atoms with Crippen LogP contribution < -0.4 is 5.73 Å². The molecule has 1 atom stereocenters. The van der Waals surface area contributed by atoms with Gasteiger partial charge in [0.05, 0.1) is 6.61 Å². The highest BCUT2D eigenvalue weighted by molar-refractivity contribution is 5.22. The average Bonchev–Trinajstić information content (AvgIpc) is 2.48. The lowest BCUT2D eigenvalue weighted by molar-refractivity contribution is 0.110. The summed E-state index contributed by atoms with van der Waals surface area (Å²) in [5.41, 5.74) is 6.32. The van der Waals surface area contributed by atoms with E-state index in [4.69, 9.17) is 10.5 Å². The number of methoxy groups -OCH3 is 1. The number of hydrogen-bond acceptors (Lipinski definition) is 3. The number of nitrogens with zero attached hydrogens (tertiary/aromatic N) is 1. The summed E-state index contributed by atoms with van der Waals surface area (Å²) >= 11 is 0. The van der Waals surface area contributed by atoms with Gasteiger partial charge < -0.3 is 10.5 Å². The molecule has 1 aromatic carbocycles. The van der Waals surface area contributed by atoms with Gasteiger partial charge in [-0.15, -0.1) is 0 Å². The maximum absolute atomic E-state index is 13.8. The van der Waals surface area contributed by atoms with Crippen LogP contribution in [0.15, 0.2) is 18.2 Å². The summed E-state index contributed by atoms with van der Waals surface area (Å²) in [6, 6.07) is 3.95. The Bertz CT molecular complexity index is 425. The van der Waals surface area contributed by atoms with E-state index in [9.17, 15) is 8.78 Å². The summed E-state index contributed by atoms with van der Waals surface area (Å²) in [5, 5.41) is 0. The first-order chi connectivity index (χ1) is 10.0. The van der Waals surface area contributed by atoms with Crippen molar-refractivity contribution in [3.63, 3.8) is 0 Å². The van der Waals surface area contributed by atoms with Gasteiger partial charge in [0.15, 0.2) is 11.6 Å². The van der Waals surface area contributed by atoms with Gasteiger partial charge in [0.2, 0.25) is 0 Å². The van der Waals surface area contributed by atoms with Crippen LogP contribution in [0.4, 0.5) is 8.78 Å². The molecule has 1 aromatic rings. The second-order valence-corrected chi connectivity index (χ2v) is 5.21. The van der Waals surface area contributed by atoms with Crippen molar-refractivity contribution in [3.05, 3.63) is 35.4 Å². The Kier molecular flexibility index (Phi) is 7.78. The highest BCUT2D eigenvalue weighted by Gasteiger charge is 2.21. The predicted molar refractivity (Wildman–Crippen MR) is 81.1 cm³/mol. The lowest BCUT2D eigenvalue weighted by atomic mass is 10.0. The second-order valence-electron chi connectivity index (χ2n) is 5.21. The van der Waals surface area contributed by atoms with Crippen molar-refractivity contribution in [1.29, 1.82) is 0 Å². The second kappa shape index (κ2) is 9.07. The molecule has 3 nitrogen and oxygen atoms in total. The van der Waals surface area contributed by atoms with Crippen molar-refractivity contribution >= 4 is 0 Å². The Morgan fingerprint density at radius 1 is 1.24 bits per heavy atom. The van der Waals surface area contributed by atoms with E-state index in [1.807, 2.05) is 0 Å². The molecule has 0 spiro atoms. The molecule has 1 rings (SSSR count). The summed E-state index contributed by atoms with van der Waals surface area (Å²) in [6.45, 7) is 6.03. The topological polar surface area (TPSA) is 38.5 Å². The smallest absolute Gasteiger partial charge is 0.163 e. The van der Waals surface area contributed by atoms with Crippen LogP contribution in [0, 0.1) is 11.6 Å². The Balaban J connectivity index is 2.83. The molecular weight excluding hydrogens is 274 g/mol. The third-order valence-corrected chi connectivity index (χ3v) is 3.85. The van der Waals surface area contributed by atoms with E-state index in [1.54, 1.807) is 13.2 Å². The van der Waals surface area contributed by atoms with E-state index in [0.29, 0.717) is 19.2 Å². The molecule has 5 heteroatoms. The number of rotatable bonds is 9. The van der Waals surface area contributed by atoms with Crippen molar-refractivity contribution in [3.8, 4) is 0 Å². The molecule has 0 fully saturated rings. The molecule has 0 aliphatic carbocycles. The minimum absolute atomic E-state index is 0.225. The number of ether oxygens (including phenoxy) is 1. The van der Waals surface area contributed by atoms with Gasteiger partial charge >= 0.3 is 0 Å². The zero-order valence-corrected chi connectivity index (χ0v) is 13.1. The van der Waals surface area contributed by atoms with Gasteiger partial charge in [-0.1, -0.05) is 26.0 Å². The van der Waals surface area contributed by atoms with Gasteiger partial charge in [-0.05, 0) is 18.9 Å². The average molecular weight is 300 g/mol. The first-order valence-corrected chi connectivity index (χ1v) is 7.47. The normalized spacial score (nSPS) is 13.1. The van der Waals surface area contributed by atoms with E-state index in [1.165, 1.54) is 6.07 Å². The number of benzene rings is 1. The van der Waals surface area contributed by atoms with Crippen molar-refractivity contribution in [2.75, 3.05) is 26.8 Å². The fraction of sp³-hybridized carbons (Fsp3) is 0.625. The van der Waals surface area contributed by atoms with Crippen molar-refractivity contribution in [1.82, 2.24) is 4.90 Å². The molecule has 0 aliphatic rings. The van der Waals surface area contributed by atoms with Crippen LogP contribution in [-0.4, -0.2) is 37.7 Å². The number of halogens is 2. The first-order valence-electron chi connectivity index (χ1n) is 7.47.